The van der Waals surface area contributed by atoms with Gasteiger partial charge in [0.15, 0.2) is 11.5 Å². The maximum absolute atomic E-state index is 9.49. The summed E-state index contributed by atoms with van der Waals surface area (Å²) in [6, 6.07) is 0. The van der Waals surface area contributed by atoms with Gasteiger partial charge in [-0.1, -0.05) is 0 Å². The Balaban J connectivity index is 3.22. The molecule has 0 fully saturated rings. The Hall–Kier alpha value is -2.97. The van der Waals surface area contributed by atoms with Gasteiger partial charge >= 0.3 is 11.4 Å². The average molecular weight is 258 g/mol. The molecule has 1 heterocycles. The van der Waals surface area contributed by atoms with Crippen LogP contribution < -0.4 is 4.73 Å². The van der Waals surface area contributed by atoms with Crippen LogP contribution in [0.15, 0.2) is 0 Å². The van der Waals surface area contributed by atoms with E-state index in [9.17, 15) is 41.0 Å². The first kappa shape index (κ1) is 11.5. The average Bonchev–Trinajstić information content (AvgIpc) is 2.35. The van der Waals surface area contributed by atoms with Gasteiger partial charge in [-0.25, -0.2) is 0 Å². The molecule has 8 N–H and O–H groups in total. The molecule has 0 atom stereocenters. The smallest absolute Gasteiger partial charge is 0.461 e. The molecule has 0 aliphatic heterocycles. The summed E-state index contributed by atoms with van der Waals surface area (Å²) < 4.78 is -0.182. The molecule has 0 saturated heterocycles. The number of hydrogen-bond donors (Lipinski definition) is 8. The van der Waals surface area contributed by atoms with Crippen LogP contribution in [0, 0.1) is 0 Å². The van der Waals surface area contributed by atoms with Gasteiger partial charge in [-0.3, -0.25) is 5.21 Å². The Morgan fingerprint density at radius 1 is 0.556 bits per heavy atom. The molecule has 0 unspecified atom stereocenters. The Labute approximate surface area is 97.9 Å². The summed E-state index contributed by atoms with van der Waals surface area (Å²) in [6.07, 6.45) is 0. The Bertz CT molecular complexity index is 568. The van der Waals surface area contributed by atoms with Gasteiger partial charge in [0, 0.05) is 0 Å². The normalized spacial score (nSPS) is 10.9. The highest BCUT2D eigenvalue weighted by molar-refractivity contribution is 5.98. The predicted octanol–water partition coefficient (Wildman–Crippen LogP) is -0.696. The zero-order valence-electron chi connectivity index (χ0n) is 8.52. The third-order valence-electron chi connectivity index (χ3n) is 2.46. The van der Waals surface area contributed by atoms with Crippen molar-refractivity contribution >= 4 is 10.9 Å². The number of aromatic hydroxyl groups is 7. The maximum atomic E-state index is 9.49. The zero-order chi connectivity index (χ0) is 13.8. The SMILES string of the molecule is Oc1c(O)c(O)c2c(c1O)c(O)c(O)c(O)[n+]2O. The summed E-state index contributed by atoms with van der Waals surface area (Å²) >= 11 is 0. The molecule has 0 spiro atoms. The minimum Gasteiger partial charge on any atom is -0.503 e. The summed E-state index contributed by atoms with van der Waals surface area (Å²) in [5.41, 5.74) is -0.810. The number of benzene rings is 1. The van der Waals surface area contributed by atoms with Gasteiger partial charge in [-0.15, -0.1) is 0 Å². The highest BCUT2D eigenvalue weighted by Gasteiger charge is 2.35. The van der Waals surface area contributed by atoms with Crippen molar-refractivity contribution in [3.05, 3.63) is 0 Å². The first-order chi connectivity index (χ1) is 8.29. The summed E-state index contributed by atoms with van der Waals surface area (Å²) in [5.74, 6) is -8.09. The quantitative estimate of drug-likeness (QED) is 0.133. The maximum Gasteiger partial charge on any atom is 0.461 e. The van der Waals surface area contributed by atoms with E-state index in [1.165, 1.54) is 0 Å². The second-order valence-electron chi connectivity index (χ2n) is 3.45. The molecule has 18 heavy (non-hydrogen) atoms. The van der Waals surface area contributed by atoms with E-state index in [0.717, 1.165) is 0 Å². The second kappa shape index (κ2) is 3.26. The van der Waals surface area contributed by atoms with Crippen LogP contribution >= 0.6 is 0 Å². The van der Waals surface area contributed by atoms with Crippen molar-refractivity contribution in [2.75, 3.05) is 0 Å². The minimum atomic E-state index is -1.24. The third kappa shape index (κ3) is 1.12. The van der Waals surface area contributed by atoms with Crippen molar-refractivity contribution < 1.29 is 45.7 Å². The van der Waals surface area contributed by atoms with Gasteiger partial charge in [0.1, 0.15) is 5.39 Å². The number of aromatic nitrogens is 1. The van der Waals surface area contributed by atoms with Crippen LogP contribution in [-0.2, 0) is 0 Å². The molecule has 0 radical (unpaired) electrons. The summed E-state index contributed by atoms with van der Waals surface area (Å²) in [7, 11) is 0. The fourth-order valence-corrected chi connectivity index (χ4v) is 1.55. The number of nitrogens with zero attached hydrogens (tertiary/aromatic N) is 1. The fourth-order valence-electron chi connectivity index (χ4n) is 1.55. The molecule has 0 bridgehead atoms. The highest BCUT2D eigenvalue weighted by atomic mass is 16.5. The molecule has 1 aromatic carbocycles. The summed E-state index contributed by atoms with van der Waals surface area (Å²) in [5, 5.41) is 74.1. The second-order valence-corrected chi connectivity index (χ2v) is 3.45. The van der Waals surface area contributed by atoms with E-state index in [4.69, 9.17) is 0 Å². The van der Waals surface area contributed by atoms with Gasteiger partial charge in [0.25, 0.3) is 5.75 Å². The van der Waals surface area contributed by atoms with Gasteiger partial charge in [0.2, 0.25) is 17.2 Å². The van der Waals surface area contributed by atoms with Gasteiger partial charge < -0.3 is 35.7 Å². The lowest BCUT2D eigenvalue weighted by molar-refractivity contribution is -0.887. The first-order valence-electron chi connectivity index (χ1n) is 4.46. The number of rotatable bonds is 0. The number of fused-ring (bicyclic) bond motifs is 1. The predicted molar refractivity (Wildman–Crippen MR) is 53.0 cm³/mol. The molecule has 0 saturated carbocycles. The molecule has 0 aliphatic rings. The van der Waals surface area contributed by atoms with Crippen LogP contribution in [0.2, 0.25) is 0 Å². The molecule has 9 nitrogen and oxygen atoms in total. The lowest BCUT2D eigenvalue weighted by atomic mass is 10.1. The summed E-state index contributed by atoms with van der Waals surface area (Å²) in [4.78, 5) is 0. The number of pyridine rings is 1. The zero-order valence-corrected chi connectivity index (χ0v) is 8.52. The molecule has 2 rings (SSSR count). The number of hydrogen-bond acceptors (Lipinski definition) is 8. The van der Waals surface area contributed by atoms with Gasteiger partial charge in [0.05, 0.1) is 4.73 Å². The minimum absolute atomic E-state index is 0.182. The Morgan fingerprint density at radius 2 is 1.00 bits per heavy atom. The third-order valence-corrected chi connectivity index (χ3v) is 2.46. The van der Waals surface area contributed by atoms with Crippen molar-refractivity contribution in [3.63, 3.8) is 0 Å². The van der Waals surface area contributed by atoms with Crippen LogP contribution in [0.25, 0.3) is 10.9 Å². The van der Waals surface area contributed by atoms with Crippen LogP contribution in [0.1, 0.15) is 0 Å². The standard InChI is InChI=1S/C9H7NO8/c11-3-1-2(5(13)7(15)6(3)14)10(18)9(17)8(16)4(1)12/h18H,(H6,11,12,13,14,15,16,17)/p+1. The molecule has 1 aromatic heterocycles. The Morgan fingerprint density at radius 3 is 1.56 bits per heavy atom. The molecule has 9 heteroatoms. The van der Waals surface area contributed by atoms with Crippen LogP contribution in [-0.4, -0.2) is 41.0 Å². The molecular formula is C9H8NO8+. The van der Waals surface area contributed by atoms with Crippen molar-refractivity contribution in [1.82, 2.24) is 0 Å². The van der Waals surface area contributed by atoms with Crippen molar-refractivity contribution in [2.24, 2.45) is 0 Å². The first-order valence-corrected chi connectivity index (χ1v) is 4.46. The van der Waals surface area contributed by atoms with E-state index in [2.05, 4.69) is 0 Å². The van der Waals surface area contributed by atoms with E-state index in [-0.39, 0.29) is 4.73 Å². The molecule has 0 amide bonds. The number of phenols is 4. The van der Waals surface area contributed by atoms with Crippen LogP contribution in [0.5, 0.6) is 40.4 Å². The topological polar surface area (TPSA) is 166 Å². The lowest BCUT2D eigenvalue weighted by Crippen LogP contribution is -2.31. The van der Waals surface area contributed by atoms with Crippen molar-refractivity contribution in [3.8, 4) is 40.4 Å². The summed E-state index contributed by atoms with van der Waals surface area (Å²) in [6.45, 7) is 0. The monoisotopic (exact) mass is 258 g/mol. The van der Waals surface area contributed by atoms with Crippen molar-refractivity contribution in [2.45, 2.75) is 0 Å². The van der Waals surface area contributed by atoms with E-state index < -0.39 is 51.3 Å². The lowest BCUT2D eigenvalue weighted by Gasteiger charge is -2.08. The molecular weight excluding hydrogens is 250 g/mol. The van der Waals surface area contributed by atoms with E-state index in [1.807, 2.05) is 0 Å². The largest absolute Gasteiger partial charge is 0.503 e. The molecule has 0 aliphatic carbocycles. The van der Waals surface area contributed by atoms with Crippen LogP contribution in [0.3, 0.4) is 0 Å². The molecule has 96 valence electrons. The highest BCUT2D eigenvalue weighted by Crippen LogP contribution is 2.52. The van der Waals surface area contributed by atoms with E-state index in [1.54, 1.807) is 0 Å². The van der Waals surface area contributed by atoms with Crippen molar-refractivity contribution in [1.29, 1.82) is 0 Å². The van der Waals surface area contributed by atoms with E-state index >= 15 is 0 Å². The van der Waals surface area contributed by atoms with Gasteiger partial charge in [-0.2, -0.15) is 0 Å². The fraction of sp³-hybridized carbons (Fsp3) is 0. The Kier molecular flexibility index (Phi) is 2.09. The van der Waals surface area contributed by atoms with Crippen LogP contribution in [0.4, 0.5) is 0 Å². The van der Waals surface area contributed by atoms with Gasteiger partial charge in [-0.05, 0) is 0 Å². The van der Waals surface area contributed by atoms with E-state index in [0.29, 0.717) is 0 Å². The molecule has 2 aromatic rings. The number of phenolic OH excluding ortho intramolecular Hbond substituents is 4.